The summed E-state index contributed by atoms with van der Waals surface area (Å²) in [6.45, 7) is 0.441. The summed E-state index contributed by atoms with van der Waals surface area (Å²) in [5.74, 6) is -0.597. The van der Waals surface area contributed by atoms with Crippen LogP contribution >= 0.6 is 11.6 Å². The highest BCUT2D eigenvalue weighted by Gasteiger charge is 2.15. The monoisotopic (exact) mass is 363 g/mol. The molecule has 0 saturated carbocycles. The van der Waals surface area contributed by atoms with Gasteiger partial charge in [-0.2, -0.15) is 10.2 Å². The summed E-state index contributed by atoms with van der Waals surface area (Å²) in [6, 6.07) is 7.94. The van der Waals surface area contributed by atoms with Gasteiger partial charge >= 0.3 is 0 Å². The zero-order chi connectivity index (χ0) is 17.8. The van der Waals surface area contributed by atoms with E-state index >= 15 is 0 Å². The van der Waals surface area contributed by atoms with Crippen LogP contribution in [-0.2, 0) is 18.0 Å². The number of ether oxygens (including phenoxy) is 1. The molecule has 0 aliphatic carbocycles. The first-order chi connectivity index (χ1) is 12.1. The zero-order valence-electron chi connectivity index (χ0n) is 13.3. The van der Waals surface area contributed by atoms with Crippen molar-refractivity contribution >= 4 is 23.3 Å². The highest BCUT2D eigenvalue weighted by molar-refractivity contribution is 6.33. The summed E-state index contributed by atoms with van der Waals surface area (Å²) in [6.07, 6.45) is 3.14. The number of amides is 1. The Bertz CT molecular complexity index is 892. The second-order valence-corrected chi connectivity index (χ2v) is 5.63. The fourth-order valence-corrected chi connectivity index (χ4v) is 2.42. The number of hydrogen-bond acceptors (Lipinski definition) is 4. The number of aromatic nitrogens is 4. The number of halogens is 2. The third-order valence-electron chi connectivity index (χ3n) is 3.37. The molecule has 9 heteroatoms. The summed E-state index contributed by atoms with van der Waals surface area (Å²) >= 11 is 6.10. The maximum atomic E-state index is 13.7. The maximum absolute atomic E-state index is 13.7. The van der Waals surface area contributed by atoms with Crippen LogP contribution in [0, 0.1) is 5.82 Å². The Hall–Kier alpha value is -2.71. The molecule has 0 unspecified atom stereocenters. The Morgan fingerprint density at radius 3 is 2.84 bits per heavy atom. The number of anilines is 1. The molecule has 0 fully saturated rings. The van der Waals surface area contributed by atoms with E-state index in [2.05, 4.69) is 15.5 Å². The number of hydrogen-bond donors (Lipinski definition) is 1. The van der Waals surface area contributed by atoms with Crippen LogP contribution in [0.5, 0.6) is 0 Å². The van der Waals surface area contributed by atoms with Crippen molar-refractivity contribution in [3.05, 3.63) is 64.8 Å². The van der Waals surface area contributed by atoms with Crippen molar-refractivity contribution in [1.82, 2.24) is 19.6 Å². The van der Waals surface area contributed by atoms with E-state index in [1.807, 2.05) is 0 Å². The molecule has 0 aliphatic rings. The second-order valence-electron chi connectivity index (χ2n) is 5.23. The van der Waals surface area contributed by atoms with Gasteiger partial charge < -0.3 is 10.1 Å². The molecule has 3 aromatic rings. The van der Waals surface area contributed by atoms with Gasteiger partial charge in [-0.1, -0.05) is 29.8 Å². The molecular weight excluding hydrogens is 349 g/mol. The van der Waals surface area contributed by atoms with Crippen LogP contribution in [0.3, 0.4) is 0 Å². The van der Waals surface area contributed by atoms with Crippen LogP contribution in [0.25, 0.3) is 0 Å². The second kappa shape index (κ2) is 7.45. The van der Waals surface area contributed by atoms with Crippen molar-refractivity contribution in [3.63, 3.8) is 0 Å². The van der Waals surface area contributed by atoms with Gasteiger partial charge in [-0.3, -0.25) is 9.48 Å². The Kier molecular flexibility index (Phi) is 5.11. The predicted octanol–water partition coefficient (Wildman–Crippen LogP) is 2.78. The molecule has 25 heavy (non-hydrogen) atoms. The third kappa shape index (κ3) is 4.04. The van der Waals surface area contributed by atoms with E-state index < -0.39 is 5.91 Å². The van der Waals surface area contributed by atoms with Gasteiger partial charge in [-0.15, -0.1) is 0 Å². The lowest BCUT2D eigenvalue weighted by atomic mass is 10.2. The number of nitrogens with zero attached hydrogens (tertiary/aromatic N) is 4. The van der Waals surface area contributed by atoms with Crippen molar-refractivity contribution < 1.29 is 13.9 Å². The summed E-state index contributed by atoms with van der Waals surface area (Å²) < 4.78 is 21.6. The molecule has 2 aromatic heterocycles. The molecule has 0 bridgehead atoms. The lowest BCUT2D eigenvalue weighted by molar-refractivity contribution is 0.101. The lowest BCUT2D eigenvalue weighted by Gasteiger charge is -2.03. The lowest BCUT2D eigenvalue weighted by Crippen LogP contribution is -2.14. The Labute approximate surface area is 148 Å². The summed E-state index contributed by atoms with van der Waals surface area (Å²) in [5.41, 5.74) is 0.676. The van der Waals surface area contributed by atoms with Gasteiger partial charge in [0.2, 0.25) is 0 Å². The predicted molar refractivity (Wildman–Crippen MR) is 89.9 cm³/mol. The fraction of sp³-hybridized carbons (Fsp3) is 0.188. The number of carbonyl (C=O) groups excluding carboxylic acids is 1. The first kappa shape index (κ1) is 17.1. The first-order valence-electron chi connectivity index (χ1n) is 7.37. The SMILES string of the molecule is COCn1ccc(C(=O)Nc2nn(Cc3ccccc3F)cc2Cl)n1. The summed E-state index contributed by atoms with van der Waals surface area (Å²) in [7, 11) is 1.53. The topological polar surface area (TPSA) is 74.0 Å². The smallest absolute Gasteiger partial charge is 0.277 e. The van der Waals surface area contributed by atoms with Crippen LogP contribution < -0.4 is 5.32 Å². The number of nitrogens with one attached hydrogen (secondary N) is 1. The fourth-order valence-electron chi connectivity index (χ4n) is 2.22. The molecule has 1 amide bonds. The molecule has 2 heterocycles. The normalized spacial score (nSPS) is 10.8. The minimum Gasteiger partial charge on any atom is -0.362 e. The van der Waals surface area contributed by atoms with E-state index in [4.69, 9.17) is 16.3 Å². The Balaban J connectivity index is 1.71. The van der Waals surface area contributed by atoms with Gasteiger partial charge in [0.15, 0.2) is 11.5 Å². The van der Waals surface area contributed by atoms with E-state index in [0.717, 1.165) is 0 Å². The van der Waals surface area contributed by atoms with Crippen LogP contribution in [0.1, 0.15) is 16.1 Å². The Morgan fingerprint density at radius 1 is 1.28 bits per heavy atom. The molecule has 1 aromatic carbocycles. The molecular formula is C16H15ClFN5O2. The molecule has 130 valence electrons. The van der Waals surface area contributed by atoms with Crippen molar-refractivity contribution in [2.24, 2.45) is 0 Å². The number of methoxy groups -OCH3 is 1. The van der Waals surface area contributed by atoms with Crippen LogP contribution in [0.2, 0.25) is 5.02 Å². The number of rotatable bonds is 6. The van der Waals surface area contributed by atoms with E-state index in [9.17, 15) is 9.18 Å². The van der Waals surface area contributed by atoms with Gasteiger partial charge in [0.1, 0.15) is 17.6 Å². The highest BCUT2D eigenvalue weighted by atomic mass is 35.5. The minimum atomic E-state index is -0.451. The van der Waals surface area contributed by atoms with Crippen LogP contribution in [0.4, 0.5) is 10.2 Å². The first-order valence-corrected chi connectivity index (χ1v) is 7.74. The molecule has 3 rings (SSSR count). The van der Waals surface area contributed by atoms with Crippen molar-refractivity contribution in [3.8, 4) is 0 Å². The molecule has 0 atom stereocenters. The van der Waals surface area contributed by atoms with E-state index in [1.54, 1.807) is 30.5 Å². The minimum absolute atomic E-state index is 0.185. The maximum Gasteiger partial charge on any atom is 0.277 e. The molecule has 7 nitrogen and oxygen atoms in total. The molecule has 0 radical (unpaired) electrons. The molecule has 0 saturated heterocycles. The Morgan fingerprint density at radius 2 is 2.08 bits per heavy atom. The average Bonchev–Trinajstić information content (AvgIpc) is 3.17. The van der Waals surface area contributed by atoms with Gasteiger partial charge in [0.05, 0.1) is 6.54 Å². The van der Waals surface area contributed by atoms with Crippen molar-refractivity contribution in [2.45, 2.75) is 13.3 Å². The highest BCUT2D eigenvalue weighted by Crippen LogP contribution is 2.21. The van der Waals surface area contributed by atoms with E-state index in [-0.39, 0.29) is 35.6 Å². The quantitative estimate of drug-likeness (QED) is 0.730. The number of benzene rings is 1. The summed E-state index contributed by atoms with van der Waals surface area (Å²) in [5, 5.41) is 11.1. The van der Waals surface area contributed by atoms with E-state index in [0.29, 0.717) is 5.56 Å². The van der Waals surface area contributed by atoms with Gasteiger partial charge in [0, 0.05) is 25.1 Å². The summed E-state index contributed by atoms with van der Waals surface area (Å²) in [4.78, 5) is 12.2. The standard InChI is InChI=1S/C16H15ClFN5O2/c1-25-10-22-7-6-14(20-22)16(24)19-15-12(17)9-23(21-15)8-11-4-2-3-5-13(11)18/h2-7,9H,8,10H2,1H3,(H,19,21,24). The van der Waals surface area contributed by atoms with Crippen molar-refractivity contribution in [1.29, 1.82) is 0 Å². The number of carbonyl (C=O) groups is 1. The molecule has 0 aliphatic heterocycles. The van der Waals surface area contributed by atoms with Crippen LogP contribution in [0.15, 0.2) is 42.7 Å². The largest absolute Gasteiger partial charge is 0.362 e. The van der Waals surface area contributed by atoms with Gasteiger partial charge in [-0.25, -0.2) is 9.07 Å². The third-order valence-corrected chi connectivity index (χ3v) is 3.65. The molecule has 1 N–H and O–H groups in total. The van der Waals surface area contributed by atoms with Gasteiger partial charge in [0.25, 0.3) is 5.91 Å². The van der Waals surface area contributed by atoms with Crippen molar-refractivity contribution in [2.75, 3.05) is 12.4 Å². The van der Waals surface area contributed by atoms with Gasteiger partial charge in [-0.05, 0) is 12.1 Å². The van der Waals surface area contributed by atoms with E-state index in [1.165, 1.54) is 28.7 Å². The zero-order valence-corrected chi connectivity index (χ0v) is 14.1. The molecule has 0 spiro atoms. The van der Waals surface area contributed by atoms with Crippen LogP contribution in [-0.4, -0.2) is 32.6 Å². The average molecular weight is 364 g/mol.